The Balaban J connectivity index is 2.60. The van der Waals surface area contributed by atoms with Crippen molar-refractivity contribution in [2.24, 2.45) is 11.3 Å². The number of nitrogens with zero attached hydrogens (tertiary/aromatic N) is 1. The van der Waals surface area contributed by atoms with Crippen LogP contribution in [-0.4, -0.2) is 11.7 Å². The van der Waals surface area contributed by atoms with Gasteiger partial charge in [0.25, 0.3) is 0 Å². The number of nitriles is 1. The van der Waals surface area contributed by atoms with Crippen molar-refractivity contribution in [3.8, 4) is 6.07 Å². The average molecular weight is 123 g/mol. The molecule has 1 aliphatic rings. The quantitative estimate of drug-likeness (QED) is 0.549. The Bertz CT molecular complexity index is 170. The van der Waals surface area contributed by atoms with Gasteiger partial charge >= 0.3 is 0 Å². The third-order valence-corrected chi connectivity index (χ3v) is 1.95. The summed E-state index contributed by atoms with van der Waals surface area (Å²) in [5, 5.41) is 17.1. The Hall–Kier alpha value is -0.810. The van der Waals surface area contributed by atoms with Crippen LogP contribution in [0, 0.1) is 22.7 Å². The summed E-state index contributed by atoms with van der Waals surface area (Å²) in [5.74, 6) is 0.153. The van der Waals surface area contributed by atoms with Crippen molar-refractivity contribution in [2.75, 3.05) is 6.61 Å². The second-order valence-corrected chi connectivity index (χ2v) is 2.44. The molecule has 1 rings (SSSR count). The Kier molecular flexibility index (Phi) is 1.30. The second kappa shape index (κ2) is 1.85. The molecule has 1 saturated carbocycles. The zero-order valence-electron chi connectivity index (χ0n) is 5.17. The first-order valence-electron chi connectivity index (χ1n) is 2.95. The lowest BCUT2D eigenvalue weighted by molar-refractivity contribution is 0.267. The van der Waals surface area contributed by atoms with Crippen molar-refractivity contribution in [3.63, 3.8) is 0 Å². The number of aliphatic hydroxyl groups is 1. The second-order valence-electron chi connectivity index (χ2n) is 2.44. The number of allylic oxidation sites excluding steroid dienone is 1. The molecule has 0 bridgehead atoms. The van der Waals surface area contributed by atoms with E-state index in [1.54, 1.807) is 6.08 Å². The summed E-state index contributed by atoms with van der Waals surface area (Å²) in [5.41, 5.74) is -0.380. The Labute approximate surface area is 54.4 Å². The highest BCUT2D eigenvalue weighted by atomic mass is 16.3. The van der Waals surface area contributed by atoms with Gasteiger partial charge in [-0.25, -0.2) is 0 Å². The minimum atomic E-state index is -0.380. The summed E-state index contributed by atoms with van der Waals surface area (Å²) in [6.07, 6.45) is 2.41. The van der Waals surface area contributed by atoms with Crippen LogP contribution in [-0.2, 0) is 0 Å². The van der Waals surface area contributed by atoms with E-state index in [1.165, 1.54) is 0 Å². The lowest BCUT2D eigenvalue weighted by atomic mass is 10.1. The Morgan fingerprint density at radius 2 is 2.67 bits per heavy atom. The Morgan fingerprint density at radius 3 is 2.78 bits per heavy atom. The van der Waals surface area contributed by atoms with Crippen LogP contribution < -0.4 is 0 Å². The van der Waals surface area contributed by atoms with Crippen LogP contribution in [0.4, 0.5) is 0 Å². The van der Waals surface area contributed by atoms with E-state index in [2.05, 4.69) is 12.6 Å². The molecule has 2 atom stereocenters. The van der Waals surface area contributed by atoms with E-state index in [9.17, 15) is 0 Å². The number of hydrogen-bond acceptors (Lipinski definition) is 2. The predicted molar refractivity (Wildman–Crippen MR) is 33.4 cm³/mol. The molecule has 0 aromatic rings. The molecule has 2 heteroatoms. The van der Waals surface area contributed by atoms with Crippen molar-refractivity contribution in [1.29, 1.82) is 5.26 Å². The van der Waals surface area contributed by atoms with Gasteiger partial charge in [-0.05, 0) is 6.42 Å². The standard InChI is InChI=1S/C7H9NO/c1-2-7(5-8)3-6(7)4-9/h2,6,9H,1,3-4H2/t6-,7+/m0/s1. The maximum atomic E-state index is 8.60. The van der Waals surface area contributed by atoms with E-state index in [-0.39, 0.29) is 17.9 Å². The first kappa shape index (κ1) is 6.31. The van der Waals surface area contributed by atoms with Crippen molar-refractivity contribution in [3.05, 3.63) is 12.7 Å². The first-order chi connectivity index (χ1) is 4.29. The summed E-state index contributed by atoms with van der Waals surface area (Å²) >= 11 is 0. The highest BCUT2D eigenvalue weighted by molar-refractivity contribution is 5.24. The molecule has 1 N–H and O–H groups in total. The fourth-order valence-corrected chi connectivity index (χ4v) is 1.01. The van der Waals surface area contributed by atoms with Crippen LogP contribution in [0.5, 0.6) is 0 Å². The monoisotopic (exact) mass is 123 g/mol. The summed E-state index contributed by atoms with van der Waals surface area (Å²) in [6, 6.07) is 2.13. The molecule has 1 fully saturated rings. The molecule has 0 heterocycles. The Morgan fingerprint density at radius 1 is 2.00 bits per heavy atom. The molecule has 0 aromatic heterocycles. The maximum Gasteiger partial charge on any atom is 0.0805 e. The van der Waals surface area contributed by atoms with Gasteiger partial charge in [-0.3, -0.25) is 0 Å². The van der Waals surface area contributed by atoms with E-state index in [4.69, 9.17) is 10.4 Å². The smallest absolute Gasteiger partial charge is 0.0805 e. The van der Waals surface area contributed by atoms with Gasteiger partial charge in [0, 0.05) is 12.5 Å². The maximum absolute atomic E-state index is 8.60. The van der Waals surface area contributed by atoms with Crippen LogP contribution >= 0.6 is 0 Å². The van der Waals surface area contributed by atoms with Crippen LogP contribution in [0.25, 0.3) is 0 Å². The molecule has 0 radical (unpaired) electrons. The number of rotatable bonds is 2. The molecule has 48 valence electrons. The lowest BCUT2D eigenvalue weighted by Crippen LogP contribution is -1.98. The minimum Gasteiger partial charge on any atom is -0.396 e. The molecular formula is C7H9NO. The summed E-state index contributed by atoms with van der Waals surface area (Å²) in [7, 11) is 0. The molecule has 0 amide bonds. The van der Waals surface area contributed by atoms with Gasteiger partial charge in [-0.15, -0.1) is 6.58 Å². The largest absolute Gasteiger partial charge is 0.396 e. The summed E-state index contributed by atoms with van der Waals surface area (Å²) in [4.78, 5) is 0. The molecule has 0 spiro atoms. The van der Waals surface area contributed by atoms with Gasteiger partial charge in [0.1, 0.15) is 0 Å². The van der Waals surface area contributed by atoms with Crippen LogP contribution in [0.15, 0.2) is 12.7 Å². The fourth-order valence-electron chi connectivity index (χ4n) is 1.01. The van der Waals surface area contributed by atoms with E-state index in [0.717, 1.165) is 6.42 Å². The molecule has 9 heavy (non-hydrogen) atoms. The topological polar surface area (TPSA) is 44.0 Å². The molecule has 2 nitrogen and oxygen atoms in total. The van der Waals surface area contributed by atoms with Crippen molar-refractivity contribution in [1.82, 2.24) is 0 Å². The van der Waals surface area contributed by atoms with Gasteiger partial charge in [0.15, 0.2) is 0 Å². The molecule has 1 aliphatic carbocycles. The van der Waals surface area contributed by atoms with Gasteiger partial charge in [-0.1, -0.05) is 6.08 Å². The van der Waals surface area contributed by atoms with E-state index in [1.807, 2.05) is 0 Å². The third kappa shape index (κ3) is 0.739. The summed E-state index contributed by atoms with van der Waals surface area (Å²) < 4.78 is 0. The van der Waals surface area contributed by atoms with Gasteiger partial charge in [0.2, 0.25) is 0 Å². The van der Waals surface area contributed by atoms with Crippen molar-refractivity contribution < 1.29 is 5.11 Å². The van der Waals surface area contributed by atoms with Crippen LogP contribution in [0.3, 0.4) is 0 Å². The van der Waals surface area contributed by atoms with Crippen LogP contribution in [0.1, 0.15) is 6.42 Å². The van der Waals surface area contributed by atoms with E-state index >= 15 is 0 Å². The average Bonchev–Trinajstić information content (AvgIpc) is 2.63. The van der Waals surface area contributed by atoms with E-state index < -0.39 is 0 Å². The zero-order chi connectivity index (χ0) is 6.91. The van der Waals surface area contributed by atoms with Gasteiger partial charge in [-0.2, -0.15) is 5.26 Å². The number of hydrogen-bond donors (Lipinski definition) is 1. The minimum absolute atomic E-state index is 0.111. The third-order valence-electron chi connectivity index (χ3n) is 1.95. The van der Waals surface area contributed by atoms with E-state index in [0.29, 0.717) is 0 Å². The molecular weight excluding hydrogens is 114 g/mol. The zero-order valence-corrected chi connectivity index (χ0v) is 5.17. The molecule has 0 aliphatic heterocycles. The van der Waals surface area contributed by atoms with Crippen LogP contribution in [0.2, 0.25) is 0 Å². The van der Waals surface area contributed by atoms with Crippen molar-refractivity contribution >= 4 is 0 Å². The molecule has 0 aromatic carbocycles. The highest BCUT2D eigenvalue weighted by Gasteiger charge is 2.51. The predicted octanol–water partition coefficient (Wildman–Crippen LogP) is 0.695. The van der Waals surface area contributed by atoms with Crippen molar-refractivity contribution in [2.45, 2.75) is 6.42 Å². The highest BCUT2D eigenvalue weighted by Crippen LogP contribution is 2.52. The molecule has 0 unspecified atom stereocenters. The lowest BCUT2D eigenvalue weighted by Gasteiger charge is -1.94. The fraction of sp³-hybridized carbons (Fsp3) is 0.571. The van der Waals surface area contributed by atoms with Gasteiger partial charge in [0.05, 0.1) is 11.5 Å². The first-order valence-corrected chi connectivity index (χ1v) is 2.95. The van der Waals surface area contributed by atoms with Gasteiger partial charge < -0.3 is 5.11 Å². The summed E-state index contributed by atoms with van der Waals surface area (Å²) in [6.45, 7) is 3.64. The SMILES string of the molecule is C=C[C@]1(C#N)C[C@H]1CO. The molecule has 0 saturated heterocycles. The normalized spacial score (nSPS) is 39.3. The number of aliphatic hydroxyl groups excluding tert-OH is 1.